The predicted octanol–water partition coefficient (Wildman–Crippen LogP) is 2.07. The molecule has 0 radical (unpaired) electrons. The lowest BCUT2D eigenvalue weighted by atomic mass is 10.00. The van der Waals surface area contributed by atoms with E-state index in [2.05, 4.69) is 16.5 Å². The van der Waals surface area contributed by atoms with Crippen molar-refractivity contribution in [3.63, 3.8) is 0 Å². The Kier molecular flexibility index (Phi) is 8.74. The minimum Gasteiger partial charge on any atom is -0.327 e. The molecular weight excluding hydrogens is 380 g/mol. The molecule has 0 saturated carbocycles. The van der Waals surface area contributed by atoms with E-state index in [9.17, 15) is 9.18 Å². The second-order valence-electron chi connectivity index (χ2n) is 5.65. The third-order valence-corrected chi connectivity index (χ3v) is 4.06. The van der Waals surface area contributed by atoms with Crippen LogP contribution >= 0.6 is 24.8 Å². The van der Waals surface area contributed by atoms with E-state index in [0.29, 0.717) is 11.9 Å². The van der Waals surface area contributed by atoms with Gasteiger partial charge < -0.3 is 11.1 Å². The number of hydrogen-bond acceptors (Lipinski definition) is 4. The normalized spacial score (nSPS) is 14.2. The van der Waals surface area contributed by atoms with Crippen LogP contribution in [0.25, 0.3) is 11.3 Å². The molecule has 2 aromatic rings. The number of rotatable bonds is 5. The monoisotopic (exact) mass is 401 g/mol. The average molecular weight is 402 g/mol. The van der Waals surface area contributed by atoms with Gasteiger partial charge in [-0.15, -0.1) is 24.8 Å². The van der Waals surface area contributed by atoms with Gasteiger partial charge in [0.15, 0.2) is 0 Å². The van der Waals surface area contributed by atoms with Crippen LogP contribution in [0.15, 0.2) is 53.4 Å². The first kappa shape index (κ1) is 22.1. The summed E-state index contributed by atoms with van der Waals surface area (Å²) in [6.07, 6.45) is 4.99. The molecule has 0 amide bonds. The fourth-order valence-corrected chi connectivity index (χ4v) is 2.70. The molecule has 1 aliphatic heterocycles. The fraction of sp³-hybridized carbons (Fsp3) is 0.294. The van der Waals surface area contributed by atoms with Crippen molar-refractivity contribution in [2.75, 3.05) is 19.6 Å². The molecule has 0 bridgehead atoms. The van der Waals surface area contributed by atoms with Gasteiger partial charge in [0.2, 0.25) is 0 Å². The maximum Gasteiger partial charge on any atom is 0.350 e. The van der Waals surface area contributed by atoms with Crippen molar-refractivity contribution < 1.29 is 4.39 Å². The maximum absolute atomic E-state index is 12.7. The van der Waals surface area contributed by atoms with Crippen LogP contribution in [0.4, 0.5) is 4.39 Å². The van der Waals surface area contributed by atoms with Crippen molar-refractivity contribution in [2.24, 2.45) is 5.73 Å². The molecule has 142 valence electrons. The molecule has 3 rings (SSSR count). The SMILES string of the molecule is Cl.Cl.NC/C(=C\F)Cn1ncn(-c2cccc(C3=CCNCC3)c2)c1=O. The van der Waals surface area contributed by atoms with E-state index in [1.807, 2.05) is 24.3 Å². The number of nitrogens with two attached hydrogens (primary N) is 1. The number of nitrogens with one attached hydrogen (secondary N) is 1. The Labute approximate surface area is 163 Å². The quantitative estimate of drug-likeness (QED) is 0.803. The molecule has 1 aromatic heterocycles. The molecule has 0 aliphatic carbocycles. The van der Waals surface area contributed by atoms with E-state index in [1.165, 1.54) is 21.1 Å². The number of benzene rings is 1. The Morgan fingerprint density at radius 2 is 2.19 bits per heavy atom. The summed E-state index contributed by atoms with van der Waals surface area (Å²) in [5.41, 5.74) is 8.53. The third-order valence-electron chi connectivity index (χ3n) is 4.06. The maximum atomic E-state index is 12.7. The van der Waals surface area contributed by atoms with Crippen LogP contribution in [-0.4, -0.2) is 34.0 Å². The van der Waals surface area contributed by atoms with E-state index in [4.69, 9.17) is 5.73 Å². The van der Waals surface area contributed by atoms with E-state index in [0.717, 1.165) is 30.8 Å². The lowest BCUT2D eigenvalue weighted by molar-refractivity contribution is 0.612. The van der Waals surface area contributed by atoms with Crippen LogP contribution in [0.3, 0.4) is 0 Å². The van der Waals surface area contributed by atoms with Crippen molar-refractivity contribution in [1.82, 2.24) is 19.7 Å². The van der Waals surface area contributed by atoms with E-state index in [-0.39, 0.29) is 43.6 Å². The summed E-state index contributed by atoms with van der Waals surface area (Å²) in [6.45, 7) is 1.91. The van der Waals surface area contributed by atoms with Gasteiger partial charge >= 0.3 is 5.69 Å². The van der Waals surface area contributed by atoms with E-state index >= 15 is 0 Å². The zero-order valence-corrected chi connectivity index (χ0v) is 15.7. The predicted molar refractivity (Wildman–Crippen MR) is 106 cm³/mol. The topological polar surface area (TPSA) is 77.9 Å². The fourth-order valence-electron chi connectivity index (χ4n) is 2.70. The summed E-state index contributed by atoms with van der Waals surface area (Å²) in [5.74, 6) is 0. The second-order valence-corrected chi connectivity index (χ2v) is 5.65. The molecule has 0 spiro atoms. The van der Waals surface area contributed by atoms with Gasteiger partial charge in [0, 0.05) is 13.1 Å². The largest absolute Gasteiger partial charge is 0.350 e. The lowest BCUT2D eigenvalue weighted by Gasteiger charge is -2.15. The zero-order valence-electron chi connectivity index (χ0n) is 14.1. The van der Waals surface area contributed by atoms with Crippen LogP contribution in [0.5, 0.6) is 0 Å². The highest BCUT2D eigenvalue weighted by atomic mass is 35.5. The highest BCUT2D eigenvalue weighted by Crippen LogP contribution is 2.21. The van der Waals surface area contributed by atoms with Crippen molar-refractivity contribution in [1.29, 1.82) is 0 Å². The molecule has 0 unspecified atom stereocenters. The van der Waals surface area contributed by atoms with Gasteiger partial charge in [0.25, 0.3) is 0 Å². The van der Waals surface area contributed by atoms with E-state index in [1.54, 1.807) is 0 Å². The first-order valence-corrected chi connectivity index (χ1v) is 7.86. The summed E-state index contributed by atoms with van der Waals surface area (Å²) in [7, 11) is 0. The number of nitrogens with zero attached hydrogens (tertiary/aromatic N) is 3. The van der Waals surface area contributed by atoms with Crippen LogP contribution in [0, 0.1) is 0 Å². The summed E-state index contributed by atoms with van der Waals surface area (Å²) >= 11 is 0. The molecule has 0 atom stereocenters. The second kappa shape index (κ2) is 10.3. The molecule has 9 heteroatoms. The Morgan fingerprint density at radius 1 is 1.38 bits per heavy atom. The van der Waals surface area contributed by atoms with Crippen LogP contribution in [-0.2, 0) is 6.54 Å². The standard InChI is InChI=1S/C17H20FN5O.2ClH/c18-9-13(10-19)11-23-17(24)22(12-21-23)16-3-1-2-15(8-16)14-4-6-20-7-5-14;;/h1-4,8-9,12,20H,5-7,10-11,19H2;2*1H/b13-9+;;. The van der Waals surface area contributed by atoms with Gasteiger partial charge in [0.1, 0.15) is 6.33 Å². The average Bonchev–Trinajstić information content (AvgIpc) is 3.01. The van der Waals surface area contributed by atoms with Gasteiger partial charge in [-0.3, -0.25) is 0 Å². The Bertz CT molecular complexity index is 844. The molecule has 0 fully saturated rings. The van der Waals surface area contributed by atoms with Gasteiger partial charge in [-0.2, -0.15) is 5.10 Å². The van der Waals surface area contributed by atoms with Gasteiger partial charge in [-0.05, 0) is 41.8 Å². The summed E-state index contributed by atoms with van der Waals surface area (Å²) < 4.78 is 15.3. The van der Waals surface area contributed by atoms with Crippen LogP contribution in [0.1, 0.15) is 12.0 Å². The highest BCUT2D eigenvalue weighted by molar-refractivity contribution is 5.85. The zero-order chi connectivity index (χ0) is 16.9. The Hall–Kier alpha value is -1.93. The first-order valence-electron chi connectivity index (χ1n) is 7.86. The smallest absolute Gasteiger partial charge is 0.327 e. The lowest BCUT2D eigenvalue weighted by Crippen LogP contribution is -2.26. The number of halogens is 3. The minimum absolute atomic E-state index is 0. The van der Waals surface area contributed by atoms with Gasteiger partial charge in [0.05, 0.1) is 18.6 Å². The first-order chi connectivity index (χ1) is 11.7. The van der Waals surface area contributed by atoms with Crippen molar-refractivity contribution in [3.05, 3.63) is 64.6 Å². The molecular formula is C17H22Cl2FN5O. The van der Waals surface area contributed by atoms with Crippen molar-refractivity contribution in [2.45, 2.75) is 13.0 Å². The summed E-state index contributed by atoms with van der Waals surface area (Å²) in [5, 5.41) is 7.33. The van der Waals surface area contributed by atoms with E-state index < -0.39 is 0 Å². The minimum atomic E-state index is -0.320. The molecule has 2 heterocycles. The Balaban J connectivity index is 0.00000169. The molecule has 1 aromatic carbocycles. The molecule has 6 nitrogen and oxygen atoms in total. The molecule has 0 saturated heterocycles. The number of hydrogen-bond donors (Lipinski definition) is 2. The van der Waals surface area contributed by atoms with Crippen molar-refractivity contribution >= 4 is 30.4 Å². The van der Waals surface area contributed by atoms with Crippen LogP contribution in [0.2, 0.25) is 0 Å². The molecule has 3 N–H and O–H groups in total. The van der Waals surface area contributed by atoms with Crippen molar-refractivity contribution in [3.8, 4) is 5.69 Å². The Morgan fingerprint density at radius 3 is 2.85 bits per heavy atom. The molecule has 1 aliphatic rings. The number of aromatic nitrogens is 3. The van der Waals surface area contributed by atoms with Gasteiger partial charge in [-0.25, -0.2) is 18.4 Å². The highest BCUT2D eigenvalue weighted by Gasteiger charge is 2.11. The summed E-state index contributed by atoms with van der Waals surface area (Å²) in [6, 6.07) is 7.78. The molecule has 26 heavy (non-hydrogen) atoms. The summed E-state index contributed by atoms with van der Waals surface area (Å²) in [4.78, 5) is 12.5. The van der Waals surface area contributed by atoms with Crippen LogP contribution < -0.4 is 16.7 Å². The van der Waals surface area contributed by atoms with Gasteiger partial charge in [-0.1, -0.05) is 18.2 Å². The third kappa shape index (κ3) is 4.82.